The van der Waals surface area contributed by atoms with Gasteiger partial charge in [0, 0.05) is 0 Å². The second kappa shape index (κ2) is 16.1. The van der Waals surface area contributed by atoms with Crippen molar-refractivity contribution in [2.75, 3.05) is 0 Å². The molecule has 2 aliphatic rings. The molecule has 0 atom stereocenters. The molecule has 0 spiro atoms. The van der Waals surface area contributed by atoms with E-state index in [9.17, 15) is 0 Å². The second-order valence-corrected chi connectivity index (χ2v) is 2.92. The molecule has 0 aromatic carbocycles. The van der Waals surface area contributed by atoms with Crippen LogP contribution in [0, 0.1) is 12.2 Å². The Morgan fingerprint density at radius 1 is 0.389 bits per heavy atom. The molecule has 18 heavy (non-hydrogen) atoms. The largest absolute Gasteiger partial charge is 1.00 e. The van der Waals surface area contributed by atoms with Gasteiger partial charge in [0.1, 0.15) is 0 Å². The summed E-state index contributed by atoms with van der Waals surface area (Å²) in [4.78, 5) is 0. The molecule has 0 N–H and O–H groups in total. The normalized spacial score (nSPS) is 28.4. The van der Waals surface area contributed by atoms with E-state index in [0.29, 0.717) is 0 Å². The van der Waals surface area contributed by atoms with Crippen molar-refractivity contribution < 1.29 is 37.7 Å². The predicted octanol–water partition coefficient (Wildman–Crippen LogP) is -1.94. The minimum atomic E-state index is 0. The van der Waals surface area contributed by atoms with Gasteiger partial charge in [0.2, 0.25) is 0 Å². The van der Waals surface area contributed by atoms with E-state index in [1.165, 1.54) is 0 Å². The molecule has 0 aromatic rings. The first-order valence-corrected chi connectivity index (χ1v) is 5.15. The molecule has 0 fully saturated rings. The summed E-state index contributed by atoms with van der Waals surface area (Å²) in [6, 6.07) is 0. The van der Waals surface area contributed by atoms with Crippen LogP contribution >= 0.6 is 0 Å². The molecule has 0 bridgehead atoms. The summed E-state index contributed by atoms with van der Waals surface area (Å²) in [7, 11) is 0. The summed E-state index contributed by atoms with van der Waals surface area (Å²) in [6.07, 6.45) is 33.0. The molecule has 80 valence electrons. The average molecular weight is 220 g/mol. The summed E-state index contributed by atoms with van der Waals surface area (Å²) in [6.45, 7) is 0. The van der Waals surface area contributed by atoms with Gasteiger partial charge in [0.15, 0.2) is 0 Å². The Morgan fingerprint density at radius 3 is 1.17 bits per heavy atom. The van der Waals surface area contributed by atoms with Crippen LogP contribution in [0.5, 0.6) is 0 Å². The molecule has 0 radical (unpaired) electrons. The van der Waals surface area contributed by atoms with Crippen LogP contribution in [0.4, 0.5) is 0 Å². The fourth-order valence-corrected chi connectivity index (χ4v) is 0.940. The monoisotopic (exact) mass is 220 g/mol. The molecule has 0 aliphatic heterocycles. The molecule has 0 aromatic heterocycles. The summed E-state index contributed by atoms with van der Waals surface area (Å²) in [5.74, 6) is 0. The van der Waals surface area contributed by atoms with Gasteiger partial charge in [-0.1, -0.05) is 12.2 Å². The van der Waals surface area contributed by atoms with E-state index in [1.54, 1.807) is 0 Å². The maximum atomic E-state index is 2.94. The first-order chi connectivity index (χ1) is 8.00. The Balaban J connectivity index is 0. The van der Waals surface area contributed by atoms with Crippen LogP contribution in [-0.2, 0) is 0 Å². The van der Waals surface area contributed by atoms with Crippen molar-refractivity contribution in [3.05, 3.63) is 97.2 Å². The molecule has 0 heterocycles. The van der Waals surface area contributed by atoms with Crippen LogP contribution in [0.15, 0.2) is 85.1 Å². The van der Waals surface area contributed by atoms with E-state index in [-0.39, 0.29) is 37.7 Å². The zero-order valence-electron chi connectivity index (χ0n) is 11.1. The maximum absolute atomic E-state index is 2.94. The standard InChI is InChI=1S/2C8H7.2Li/c2*1-2-4-6-8-7-5-3-1;;/h2*1-7H;;/q2*-1;2*+1/b2*2-1-,3-1?,4-2?,5-3-,6-4-,7-5?;;. The minimum absolute atomic E-state index is 0. The summed E-state index contributed by atoms with van der Waals surface area (Å²) in [5, 5.41) is 0. The van der Waals surface area contributed by atoms with Crippen LogP contribution < -0.4 is 37.7 Å². The maximum Gasteiger partial charge on any atom is 1.00 e. The Morgan fingerprint density at radius 2 is 0.722 bits per heavy atom. The van der Waals surface area contributed by atoms with Gasteiger partial charge >= 0.3 is 37.7 Å². The molecular formula is C16H14Li2. The third-order valence-corrected chi connectivity index (χ3v) is 1.66. The number of hydrogen-bond donors (Lipinski definition) is 0. The van der Waals surface area contributed by atoms with Gasteiger partial charge in [0.05, 0.1) is 0 Å². The zero-order valence-corrected chi connectivity index (χ0v) is 11.1. The topological polar surface area (TPSA) is 0 Å². The molecular weight excluding hydrogens is 206 g/mol. The summed E-state index contributed by atoms with van der Waals surface area (Å²) < 4.78 is 0. The van der Waals surface area contributed by atoms with E-state index in [0.717, 1.165) is 0 Å². The smallest absolute Gasteiger partial charge is 0.184 e. The molecule has 0 saturated heterocycles. The number of hydrogen-bond acceptors (Lipinski definition) is 0. The SMILES string of the molecule is [C-]1=C\C=C/C=C\C=C/1.[C-]1=C\C=C/C=C\C=C/1.[Li+].[Li+]. The molecule has 2 rings (SSSR count). The Kier molecular flexibility index (Phi) is 17.4. The molecule has 0 amide bonds. The van der Waals surface area contributed by atoms with E-state index >= 15 is 0 Å². The van der Waals surface area contributed by atoms with Crippen molar-refractivity contribution in [1.29, 1.82) is 0 Å². The molecule has 0 unspecified atom stereocenters. The molecule has 2 heteroatoms. The fraction of sp³-hybridized carbons (Fsp3) is 0. The van der Waals surface area contributed by atoms with Gasteiger partial charge in [-0.25, -0.2) is 0 Å². The summed E-state index contributed by atoms with van der Waals surface area (Å²) >= 11 is 0. The van der Waals surface area contributed by atoms with Gasteiger partial charge in [-0.05, 0) is 0 Å². The van der Waals surface area contributed by atoms with Gasteiger partial charge < -0.3 is 0 Å². The second-order valence-electron chi connectivity index (χ2n) is 2.92. The Bertz CT molecular complexity index is 251. The van der Waals surface area contributed by atoms with Crippen LogP contribution in [0.25, 0.3) is 0 Å². The van der Waals surface area contributed by atoms with E-state index in [4.69, 9.17) is 0 Å². The summed E-state index contributed by atoms with van der Waals surface area (Å²) in [5.41, 5.74) is 0. The van der Waals surface area contributed by atoms with Gasteiger partial charge in [-0.15, -0.1) is 24.3 Å². The molecule has 0 nitrogen and oxygen atoms in total. The first kappa shape index (κ1) is 19.5. The third kappa shape index (κ3) is 13.2. The van der Waals surface area contributed by atoms with Gasteiger partial charge in [0.25, 0.3) is 0 Å². The van der Waals surface area contributed by atoms with Gasteiger partial charge in [-0.3, -0.25) is 0 Å². The van der Waals surface area contributed by atoms with Crippen molar-refractivity contribution in [2.45, 2.75) is 0 Å². The third-order valence-electron chi connectivity index (χ3n) is 1.66. The Hall–Kier alpha value is -0.885. The first-order valence-electron chi connectivity index (χ1n) is 5.15. The molecule has 2 aliphatic carbocycles. The number of rotatable bonds is 0. The van der Waals surface area contributed by atoms with Crippen molar-refractivity contribution in [3.8, 4) is 0 Å². The van der Waals surface area contributed by atoms with Crippen LogP contribution in [0.3, 0.4) is 0 Å². The minimum Gasteiger partial charge on any atom is -0.184 e. The van der Waals surface area contributed by atoms with Crippen molar-refractivity contribution >= 4 is 0 Å². The van der Waals surface area contributed by atoms with Crippen molar-refractivity contribution in [2.24, 2.45) is 0 Å². The number of allylic oxidation sites excluding steroid dienone is 16. The van der Waals surface area contributed by atoms with E-state index in [2.05, 4.69) is 12.2 Å². The van der Waals surface area contributed by atoms with Crippen molar-refractivity contribution in [1.82, 2.24) is 0 Å². The predicted molar refractivity (Wildman–Crippen MR) is 70.5 cm³/mol. The quantitative estimate of drug-likeness (QED) is 0.329. The van der Waals surface area contributed by atoms with Crippen LogP contribution in [-0.4, -0.2) is 0 Å². The average Bonchev–Trinajstić information content (AvgIpc) is 2.15. The van der Waals surface area contributed by atoms with Crippen LogP contribution in [0.1, 0.15) is 0 Å². The van der Waals surface area contributed by atoms with E-state index in [1.807, 2.05) is 85.1 Å². The zero-order chi connectivity index (χ0) is 11.3. The molecule has 0 saturated carbocycles. The van der Waals surface area contributed by atoms with Gasteiger partial charge in [-0.2, -0.15) is 60.8 Å². The van der Waals surface area contributed by atoms with Crippen molar-refractivity contribution in [3.63, 3.8) is 0 Å². The van der Waals surface area contributed by atoms with E-state index < -0.39 is 0 Å². The fourth-order valence-electron chi connectivity index (χ4n) is 0.940. The Labute approximate surface area is 134 Å². The van der Waals surface area contributed by atoms with Crippen LogP contribution in [0.2, 0.25) is 0 Å².